The number of methoxy groups -OCH3 is 1. The second kappa shape index (κ2) is 9.16. The summed E-state index contributed by atoms with van der Waals surface area (Å²) in [5.74, 6) is -0.0843. The Morgan fingerprint density at radius 1 is 1.11 bits per heavy atom. The van der Waals surface area contributed by atoms with Crippen molar-refractivity contribution in [1.82, 2.24) is 4.90 Å². The Morgan fingerprint density at radius 3 is 2.50 bits per heavy atom. The molecule has 1 unspecified atom stereocenters. The van der Waals surface area contributed by atoms with Gasteiger partial charge in [-0.25, -0.2) is 4.79 Å². The van der Waals surface area contributed by atoms with Crippen LogP contribution in [0.15, 0.2) is 24.3 Å². The van der Waals surface area contributed by atoms with Crippen molar-refractivity contribution in [3.63, 3.8) is 0 Å². The molecule has 1 atom stereocenters. The number of carbonyl (C=O) groups excluding carboxylic acids is 1. The van der Waals surface area contributed by atoms with Crippen LogP contribution in [0.1, 0.15) is 62.0 Å². The van der Waals surface area contributed by atoms with Crippen molar-refractivity contribution >= 4 is 6.09 Å². The molecule has 7 heteroatoms. The Labute approximate surface area is 164 Å². The third-order valence-corrected chi connectivity index (χ3v) is 5.94. The van der Waals surface area contributed by atoms with E-state index >= 15 is 0 Å². The van der Waals surface area contributed by atoms with Crippen molar-refractivity contribution in [2.45, 2.75) is 69.2 Å². The molecule has 1 aromatic rings. The molecule has 0 radical (unpaired) electrons. The quantitative estimate of drug-likeness (QED) is 0.683. The number of benzene rings is 1. The fraction of sp³-hybridized carbons (Fsp3) is 0.667. The normalized spacial score (nSPS) is 26.1. The van der Waals surface area contributed by atoms with Crippen LogP contribution in [0.4, 0.5) is 18.0 Å². The summed E-state index contributed by atoms with van der Waals surface area (Å²) in [6.07, 6.45) is 1.16. The summed E-state index contributed by atoms with van der Waals surface area (Å²) in [6.45, 7) is 1.14. The van der Waals surface area contributed by atoms with Gasteiger partial charge in [0, 0.05) is 6.54 Å². The van der Waals surface area contributed by atoms with Crippen molar-refractivity contribution in [1.29, 1.82) is 0 Å². The van der Waals surface area contributed by atoms with Gasteiger partial charge in [0.15, 0.2) is 0 Å². The fourth-order valence-electron chi connectivity index (χ4n) is 4.43. The maximum Gasteiger partial charge on any atom is 0.416 e. The van der Waals surface area contributed by atoms with Gasteiger partial charge in [-0.05, 0) is 62.5 Å². The molecule has 1 saturated heterocycles. The smallest absolute Gasteiger partial charge is 0.416 e. The number of carbonyl (C=O) groups is 1. The number of halogens is 3. The Balaban J connectivity index is 1.53. The van der Waals surface area contributed by atoms with Crippen molar-refractivity contribution in [3.05, 3.63) is 35.4 Å². The van der Waals surface area contributed by atoms with Gasteiger partial charge in [-0.15, -0.1) is 0 Å². The first-order valence-electron chi connectivity index (χ1n) is 10.0. The number of likely N-dealkylation sites (tertiary alicyclic amines) is 1. The molecule has 0 bridgehead atoms. The molecule has 1 saturated carbocycles. The van der Waals surface area contributed by atoms with Gasteiger partial charge in [0.05, 0.1) is 31.4 Å². The van der Waals surface area contributed by atoms with Gasteiger partial charge in [0.2, 0.25) is 0 Å². The number of alkyl halides is 3. The molecule has 2 fully saturated rings. The lowest BCUT2D eigenvalue weighted by molar-refractivity contribution is -0.138. The number of piperidine rings is 1. The van der Waals surface area contributed by atoms with E-state index in [1.807, 2.05) is 0 Å². The van der Waals surface area contributed by atoms with E-state index in [2.05, 4.69) is 0 Å². The number of amides is 1. The number of hydrogen-bond acceptors (Lipinski definition) is 3. The topological polar surface area (TPSA) is 38.8 Å². The second-order valence-corrected chi connectivity index (χ2v) is 7.71. The van der Waals surface area contributed by atoms with Crippen LogP contribution in [0.25, 0.3) is 0 Å². The van der Waals surface area contributed by atoms with Crippen LogP contribution in [0.5, 0.6) is 0 Å². The Bertz CT molecular complexity index is 657. The van der Waals surface area contributed by atoms with Crippen LogP contribution in [-0.2, 0) is 15.7 Å². The number of rotatable bonds is 4. The maximum absolute atomic E-state index is 13.3. The van der Waals surface area contributed by atoms with Crippen LogP contribution in [0.3, 0.4) is 0 Å². The van der Waals surface area contributed by atoms with Gasteiger partial charge >= 0.3 is 12.3 Å². The molecule has 1 aliphatic carbocycles. The Morgan fingerprint density at radius 2 is 1.82 bits per heavy atom. The molecular formula is C21H28F3NO3. The fourth-order valence-corrected chi connectivity index (χ4v) is 4.43. The Kier molecular flexibility index (Phi) is 6.86. The van der Waals surface area contributed by atoms with E-state index in [-0.39, 0.29) is 24.2 Å². The molecule has 0 spiro atoms. The van der Waals surface area contributed by atoms with Gasteiger partial charge < -0.3 is 14.4 Å². The molecule has 2 aliphatic rings. The van der Waals surface area contributed by atoms with Gasteiger partial charge in [-0.2, -0.15) is 13.2 Å². The van der Waals surface area contributed by atoms with Crippen LogP contribution in [-0.4, -0.2) is 43.4 Å². The zero-order valence-electron chi connectivity index (χ0n) is 16.2. The van der Waals surface area contributed by atoms with Gasteiger partial charge in [0.1, 0.15) is 0 Å². The summed E-state index contributed by atoms with van der Waals surface area (Å²) in [5.41, 5.74) is -0.118. The summed E-state index contributed by atoms with van der Waals surface area (Å²) >= 11 is 0. The number of nitrogens with zero attached hydrogens (tertiary/aromatic N) is 1. The summed E-state index contributed by atoms with van der Waals surface area (Å²) in [7, 11) is 1.38. The standard InChI is InChI=1S/C21H28F3NO3/c1-27-20(26)25-13-5-4-6-16(25)14-28-17-11-9-15(10-12-17)18-7-2-3-8-19(18)21(22,23)24/h2-3,7-8,15-17H,4-6,9-14H2,1H3. The molecule has 28 heavy (non-hydrogen) atoms. The first-order valence-corrected chi connectivity index (χ1v) is 10.0. The van der Waals surface area contributed by atoms with Crippen molar-refractivity contribution in [2.75, 3.05) is 20.3 Å². The minimum Gasteiger partial charge on any atom is -0.453 e. The highest BCUT2D eigenvalue weighted by Crippen LogP contribution is 2.41. The minimum absolute atomic E-state index is 0.0184. The first kappa shape index (κ1) is 21.0. The first-order chi connectivity index (χ1) is 13.4. The summed E-state index contributed by atoms with van der Waals surface area (Å²) < 4.78 is 50.7. The van der Waals surface area contributed by atoms with E-state index < -0.39 is 11.7 Å². The van der Waals surface area contributed by atoms with Crippen molar-refractivity contribution < 1.29 is 27.4 Å². The molecule has 1 amide bonds. The largest absolute Gasteiger partial charge is 0.453 e. The van der Waals surface area contributed by atoms with E-state index in [4.69, 9.17) is 9.47 Å². The highest BCUT2D eigenvalue weighted by molar-refractivity contribution is 5.68. The van der Waals surface area contributed by atoms with E-state index in [0.717, 1.165) is 32.1 Å². The summed E-state index contributed by atoms with van der Waals surface area (Å²) in [6, 6.07) is 5.91. The molecule has 1 heterocycles. The molecule has 4 nitrogen and oxygen atoms in total. The number of hydrogen-bond donors (Lipinski definition) is 0. The average Bonchev–Trinajstić information content (AvgIpc) is 2.71. The SMILES string of the molecule is COC(=O)N1CCCCC1COC1CCC(c2ccccc2C(F)(F)F)CC1. The molecule has 3 rings (SSSR count). The lowest BCUT2D eigenvalue weighted by Gasteiger charge is -2.36. The molecule has 0 aromatic heterocycles. The van der Waals surface area contributed by atoms with Crippen molar-refractivity contribution in [2.24, 2.45) is 0 Å². The van der Waals surface area contributed by atoms with E-state index in [1.165, 1.54) is 19.2 Å². The monoisotopic (exact) mass is 399 g/mol. The third kappa shape index (κ3) is 4.99. The van der Waals surface area contributed by atoms with E-state index in [9.17, 15) is 18.0 Å². The Hall–Kier alpha value is -1.76. The van der Waals surface area contributed by atoms with Crippen LogP contribution in [0.2, 0.25) is 0 Å². The molecular weight excluding hydrogens is 371 g/mol. The van der Waals surface area contributed by atoms with E-state index in [0.29, 0.717) is 31.6 Å². The second-order valence-electron chi connectivity index (χ2n) is 7.71. The predicted molar refractivity (Wildman–Crippen MR) is 99.1 cm³/mol. The minimum atomic E-state index is -4.32. The highest BCUT2D eigenvalue weighted by atomic mass is 19.4. The highest BCUT2D eigenvalue weighted by Gasteiger charge is 2.36. The van der Waals surface area contributed by atoms with Gasteiger partial charge in [-0.1, -0.05) is 18.2 Å². The van der Waals surface area contributed by atoms with Crippen LogP contribution < -0.4 is 0 Å². The van der Waals surface area contributed by atoms with Gasteiger partial charge in [0.25, 0.3) is 0 Å². The van der Waals surface area contributed by atoms with Crippen LogP contribution >= 0.6 is 0 Å². The average molecular weight is 399 g/mol. The number of ether oxygens (including phenoxy) is 2. The maximum atomic E-state index is 13.3. The van der Waals surface area contributed by atoms with Crippen LogP contribution in [0, 0.1) is 0 Å². The molecule has 156 valence electrons. The zero-order chi connectivity index (χ0) is 20.1. The lowest BCUT2D eigenvalue weighted by atomic mass is 9.81. The molecule has 1 aromatic carbocycles. The molecule has 0 N–H and O–H groups in total. The third-order valence-electron chi connectivity index (χ3n) is 5.94. The zero-order valence-corrected chi connectivity index (χ0v) is 16.2. The predicted octanol–water partition coefficient (Wildman–Crippen LogP) is 5.37. The summed E-state index contributed by atoms with van der Waals surface area (Å²) in [5, 5.41) is 0. The molecule has 1 aliphatic heterocycles. The lowest BCUT2D eigenvalue weighted by Crippen LogP contribution is -2.46. The van der Waals surface area contributed by atoms with E-state index in [1.54, 1.807) is 17.0 Å². The van der Waals surface area contributed by atoms with Gasteiger partial charge in [-0.3, -0.25) is 0 Å². The summed E-state index contributed by atoms with van der Waals surface area (Å²) in [4.78, 5) is 13.6. The van der Waals surface area contributed by atoms with Crippen molar-refractivity contribution in [3.8, 4) is 0 Å².